The van der Waals surface area contributed by atoms with Gasteiger partial charge in [0.25, 0.3) is 0 Å². The number of ether oxygens (including phenoxy) is 1. The van der Waals surface area contributed by atoms with Gasteiger partial charge in [-0.1, -0.05) is 6.07 Å². The van der Waals surface area contributed by atoms with E-state index in [1.54, 1.807) is 0 Å². The first-order valence-electron chi connectivity index (χ1n) is 6.30. The van der Waals surface area contributed by atoms with E-state index in [-0.39, 0.29) is 11.8 Å². The second-order valence-electron chi connectivity index (χ2n) is 4.41. The van der Waals surface area contributed by atoms with Crippen LogP contribution in [0.3, 0.4) is 0 Å². The third-order valence-electron chi connectivity index (χ3n) is 2.66. The highest BCUT2D eigenvalue weighted by Crippen LogP contribution is 2.24. The lowest BCUT2D eigenvalue weighted by atomic mass is 10.3. The zero-order valence-corrected chi connectivity index (χ0v) is 12.3. The minimum atomic E-state index is -4.73. The Morgan fingerprint density at radius 1 is 1.23 bits per heavy atom. The average molecular weight is 330 g/mol. The van der Waals surface area contributed by atoms with Crippen molar-refractivity contribution in [1.29, 1.82) is 0 Å². The zero-order valence-electron chi connectivity index (χ0n) is 11.5. The van der Waals surface area contributed by atoms with E-state index in [0.717, 1.165) is 17.0 Å². The summed E-state index contributed by atoms with van der Waals surface area (Å²) in [6.07, 6.45) is -4.73. The highest BCUT2D eigenvalue weighted by atomic mass is 32.1. The fraction of sp³-hybridized carbons (Fsp3) is 0.214. The Kier molecular flexibility index (Phi) is 4.92. The summed E-state index contributed by atoms with van der Waals surface area (Å²) in [5.41, 5.74) is 0.366. The zero-order chi connectivity index (χ0) is 16.2. The maximum absolute atomic E-state index is 12.0. The second-order valence-corrected chi connectivity index (χ2v) is 5.39. The van der Waals surface area contributed by atoms with E-state index < -0.39 is 12.4 Å². The molecule has 1 aromatic carbocycles. The molecule has 0 bridgehead atoms. The van der Waals surface area contributed by atoms with Crippen LogP contribution in [-0.2, 0) is 0 Å². The Morgan fingerprint density at radius 3 is 2.45 bits per heavy atom. The molecule has 1 atom stereocenters. The average Bonchev–Trinajstić information content (AvgIpc) is 2.93. The van der Waals surface area contributed by atoms with Crippen molar-refractivity contribution in [1.82, 2.24) is 5.32 Å². The number of hydrogen-bond donors (Lipinski definition) is 2. The number of carbonyl (C=O) groups excluding carboxylic acids is 1. The number of thiophene rings is 1. The number of urea groups is 1. The number of benzene rings is 1. The Bertz CT molecular complexity index is 612. The summed E-state index contributed by atoms with van der Waals surface area (Å²) in [5, 5.41) is 7.18. The molecule has 0 aliphatic rings. The smallest absolute Gasteiger partial charge is 0.406 e. The fourth-order valence-corrected chi connectivity index (χ4v) is 2.45. The summed E-state index contributed by atoms with van der Waals surface area (Å²) >= 11 is 1.52. The number of nitrogens with one attached hydrogen (secondary N) is 2. The van der Waals surface area contributed by atoms with Crippen LogP contribution in [0.15, 0.2) is 41.8 Å². The Hall–Kier alpha value is -2.22. The summed E-state index contributed by atoms with van der Waals surface area (Å²) in [6.45, 7) is 1.84. The van der Waals surface area contributed by atoms with Crippen molar-refractivity contribution in [3.63, 3.8) is 0 Å². The minimum Gasteiger partial charge on any atom is -0.406 e. The molecule has 2 aromatic rings. The third-order valence-corrected chi connectivity index (χ3v) is 3.72. The summed E-state index contributed by atoms with van der Waals surface area (Å²) < 4.78 is 39.8. The topological polar surface area (TPSA) is 50.4 Å². The first-order valence-corrected chi connectivity index (χ1v) is 7.18. The number of carbonyl (C=O) groups is 1. The maximum atomic E-state index is 12.0. The number of halogens is 3. The van der Waals surface area contributed by atoms with Crippen molar-refractivity contribution < 1.29 is 22.7 Å². The lowest BCUT2D eigenvalue weighted by Crippen LogP contribution is -2.30. The van der Waals surface area contributed by atoms with Crippen LogP contribution < -0.4 is 15.4 Å². The molecule has 0 fully saturated rings. The molecule has 2 rings (SSSR count). The minimum absolute atomic E-state index is 0.159. The van der Waals surface area contributed by atoms with Crippen LogP contribution >= 0.6 is 11.3 Å². The number of alkyl halides is 3. The number of amides is 2. The molecule has 1 heterocycles. The maximum Gasteiger partial charge on any atom is 0.573 e. The molecule has 0 saturated carbocycles. The van der Waals surface area contributed by atoms with Crippen molar-refractivity contribution in [3.05, 3.63) is 46.7 Å². The van der Waals surface area contributed by atoms with Gasteiger partial charge in [-0.15, -0.1) is 24.5 Å². The van der Waals surface area contributed by atoms with Gasteiger partial charge in [0.05, 0.1) is 6.04 Å². The Morgan fingerprint density at radius 2 is 1.91 bits per heavy atom. The number of rotatable bonds is 4. The van der Waals surface area contributed by atoms with Gasteiger partial charge in [0.15, 0.2) is 0 Å². The van der Waals surface area contributed by atoms with Crippen LogP contribution in [-0.4, -0.2) is 12.4 Å². The predicted molar refractivity (Wildman–Crippen MR) is 78.0 cm³/mol. The molecule has 2 N–H and O–H groups in total. The molecule has 0 saturated heterocycles. The molecular weight excluding hydrogens is 317 g/mol. The molecule has 118 valence electrons. The fourth-order valence-electron chi connectivity index (χ4n) is 1.71. The Balaban J connectivity index is 1.89. The molecule has 2 amide bonds. The van der Waals surface area contributed by atoms with Crippen molar-refractivity contribution >= 4 is 23.1 Å². The van der Waals surface area contributed by atoms with E-state index in [4.69, 9.17) is 0 Å². The molecule has 4 nitrogen and oxygen atoms in total. The first-order chi connectivity index (χ1) is 10.3. The van der Waals surface area contributed by atoms with E-state index >= 15 is 0 Å². The van der Waals surface area contributed by atoms with Gasteiger partial charge in [-0.3, -0.25) is 0 Å². The van der Waals surface area contributed by atoms with E-state index in [9.17, 15) is 18.0 Å². The van der Waals surface area contributed by atoms with Crippen molar-refractivity contribution in [2.75, 3.05) is 5.32 Å². The highest BCUT2D eigenvalue weighted by Gasteiger charge is 2.30. The molecule has 0 radical (unpaired) electrons. The van der Waals surface area contributed by atoms with Gasteiger partial charge >= 0.3 is 12.4 Å². The monoisotopic (exact) mass is 330 g/mol. The predicted octanol–water partition coefficient (Wildman–Crippen LogP) is 4.53. The SMILES string of the molecule is C[C@H](NC(=O)Nc1ccc(OC(F)(F)F)cc1)c1cccs1. The van der Waals surface area contributed by atoms with Gasteiger partial charge in [0.1, 0.15) is 5.75 Å². The van der Waals surface area contributed by atoms with Crippen LogP contribution in [0.1, 0.15) is 17.8 Å². The van der Waals surface area contributed by atoms with Gasteiger partial charge in [0, 0.05) is 10.6 Å². The van der Waals surface area contributed by atoms with E-state index in [0.29, 0.717) is 5.69 Å². The van der Waals surface area contributed by atoms with Gasteiger partial charge in [-0.05, 0) is 42.6 Å². The highest BCUT2D eigenvalue weighted by molar-refractivity contribution is 7.10. The lowest BCUT2D eigenvalue weighted by Gasteiger charge is -2.14. The molecular formula is C14H13F3N2O2S. The molecule has 0 aliphatic heterocycles. The van der Waals surface area contributed by atoms with Crippen molar-refractivity contribution in [3.8, 4) is 5.75 Å². The first kappa shape index (κ1) is 16.2. The number of hydrogen-bond acceptors (Lipinski definition) is 3. The standard InChI is InChI=1S/C14H13F3N2O2S/c1-9(12-3-2-8-22-12)18-13(20)19-10-4-6-11(7-5-10)21-14(15,16)17/h2-9H,1H3,(H2,18,19,20)/t9-/m0/s1. The summed E-state index contributed by atoms with van der Waals surface area (Å²) in [4.78, 5) is 12.8. The normalized spacial score (nSPS) is 12.5. The Labute approximate surface area is 128 Å². The van der Waals surface area contributed by atoms with Crippen molar-refractivity contribution in [2.45, 2.75) is 19.3 Å². The van der Waals surface area contributed by atoms with Crippen LogP contribution in [0.25, 0.3) is 0 Å². The van der Waals surface area contributed by atoms with Crippen molar-refractivity contribution in [2.24, 2.45) is 0 Å². The van der Waals surface area contributed by atoms with Gasteiger partial charge < -0.3 is 15.4 Å². The van der Waals surface area contributed by atoms with Crippen LogP contribution in [0.4, 0.5) is 23.7 Å². The summed E-state index contributed by atoms with van der Waals surface area (Å²) in [6, 6.07) is 8.11. The van der Waals surface area contributed by atoms with E-state index in [2.05, 4.69) is 15.4 Å². The molecule has 0 unspecified atom stereocenters. The van der Waals surface area contributed by atoms with Gasteiger partial charge in [0.2, 0.25) is 0 Å². The lowest BCUT2D eigenvalue weighted by molar-refractivity contribution is -0.274. The molecule has 0 aliphatic carbocycles. The summed E-state index contributed by atoms with van der Waals surface area (Å²) in [7, 11) is 0. The van der Waals surface area contributed by atoms with E-state index in [1.165, 1.54) is 23.5 Å². The van der Waals surface area contributed by atoms with E-state index in [1.807, 2.05) is 24.4 Å². The quantitative estimate of drug-likeness (QED) is 0.865. The largest absolute Gasteiger partial charge is 0.573 e. The second kappa shape index (κ2) is 6.69. The molecule has 8 heteroatoms. The molecule has 1 aromatic heterocycles. The number of anilines is 1. The molecule has 22 heavy (non-hydrogen) atoms. The van der Waals surface area contributed by atoms with Gasteiger partial charge in [-0.2, -0.15) is 0 Å². The van der Waals surface area contributed by atoms with Crippen LogP contribution in [0.5, 0.6) is 5.75 Å². The third kappa shape index (κ3) is 4.96. The molecule has 0 spiro atoms. The van der Waals surface area contributed by atoms with Crippen LogP contribution in [0, 0.1) is 0 Å². The van der Waals surface area contributed by atoms with Crippen LogP contribution in [0.2, 0.25) is 0 Å². The van der Waals surface area contributed by atoms with Gasteiger partial charge in [-0.25, -0.2) is 4.79 Å². The summed E-state index contributed by atoms with van der Waals surface area (Å²) in [5.74, 6) is -0.342.